The molecule has 0 radical (unpaired) electrons. The second-order valence-corrected chi connectivity index (χ2v) is 6.84. The zero-order chi connectivity index (χ0) is 13.6. The van der Waals surface area contributed by atoms with E-state index in [2.05, 4.69) is 19.2 Å². The van der Waals surface area contributed by atoms with Crippen molar-refractivity contribution < 1.29 is 4.74 Å². The first-order chi connectivity index (χ1) is 9.30. The van der Waals surface area contributed by atoms with E-state index in [9.17, 15) is 0 Å². The number of nitrogens with one attached hydrogen (secondary N) is 1. The fourth-order valence-electron chi connectivity index (χ4n) is 4.31. The zero-order valence-electron chi connectivity index (χ0n) is 13.0. The minimum Gasteiger partial charge on any atom is -0.381 e. The SMILES string of the molecule is CCCCOCCC1(CNCCC)CC2CCC1C2. The van der Waals surface area contributed by atoms with Gasteiger partial charge in [0.25, 0.3) is 0 Å². The lowest BCUT2D eigenvalue weighted by Crippen LogP contribution is -2.40. The van der Waals surface area contributed by atoms with Crippen LogP contribution in [0.15, 0.2) is 0 Å². The van der Waals surface area contributed by atoms with Crippen LogP contribution >= 0.6 is 0 Å². The second-order valence-electron chi connectivity index (χ2n) is 6.84. The molecule has 112 valence electrons. The third kappa shape index (κ3) is 3.95. The standard InChI is InChI=1S/C17H33NO/c1-3-5-10-19-11-8-17(14-18-9-4-2)13-15-6-7-16(17)12-15/h15-16,18H,3-14H2,1-2H3. The molecule has 2 fully saturated rings. The van der Waals surface area contributed by atoms with Gasteiger partial charge in [0.1, 0.15) is 0 Å². The van der Waals surface area contributed by atoms with E-state index in [1.807, 2.05) is 0 Å². The molecule has 0 aliphatic heterocycles. The van der Waals surface area contributed by atoms with Crippen molar-refractivity contribution in [2.45, 2.75) is 65.2 Å². The molecule has 1 N–H and O–H groups in total. The summed E-state index contributed by atoms with van der Waals surface area (Å²) in [6.45, 7) is 8.85. The second kappa shape index (κ2) is 7.64. The van der Waals surface area contributed by atoms with Crippen molar-refractivity contribution in [3.63, 3.8) is 0 Å². The van der Waals surface area contributed by atoms with Gasteiger partial charge in [-0.05, 0) is 62.3 Å². The van der Waals surface area contributed by atoms with E-state index < -0.39 is 0 Å². The molecule has 2 heteroatoms. The number of rotatable bonds is 10. The Morgan fingerprint density at radius 2 is 2.05 bits per heavy atom. The van der Waals surface area contributed by atoms with Crippen LogP contribution in [-0.4, -0.2) is 26.3 Å². The van der Waals surface area contributed by atoms with E-state index in [0.717, 1.165) is 25.0 Å². The van der Waals surface area contributed by atoms with Crippen LogP contribution in [-0.2, 0) is 4.74 Å². The lowest BCUT2D eigenvalue weighted by molar-refractivity contribution is 0.0617. The molecule has 19 heavy (non-hydrogen) atoms. The van der Waals surface area contributed by atoms with E-state index in [1.165, 1.54) is 64.5 Å². The Kier molecular flexibility index (Phi) is 6.15. The molecule has 0 amide bonds. The summed E-state index contributed by atoms with van der Waals surface area (Å²) in [7, 11) is 0. The smallest absolute Gasteiger partial charge is 0.0471 e. The summed E-state index contributed by atoms with van der Waals surface area (Å²) in [6, 6.07) is 0. The van der Waals surface area contributed by atoms with Crippen molar-refractivity contribution in [2.24, 2.45) is 17.3 Å². The lowest BCUT2D eigenvalue weighted by Gasteiger charge is -2.38. The van der Waals surface area contributed by atoms with Crippen LogP contribution in [0.1, 0.15) is 65.2 Å². The fourth-order valence-corrected chi connectivity index (χ4v) is 4.31. The molecule has 2 nitrogen and oxygen atoms in total. The van der Waals surface area contributed by atoms with Crippen LogP contribution in [0.25, 0.3) is 0 Å². The quantitative estimate of drug-likeness (QED) is 0.604. The summed E-state index contributed by atoms with van der Waals surface area (Å²) >= 11 is 0. The Bertz CT molecular complexity index is 256. The Balaban J connectivity index is 1.77. The molecule has 0 heterocycles. The van der Waals surface area contributed by atoms with Gasteiger partial charge in [-0.1, -0.05) is 26.7 Å². The number of fused-ring (bicyclic) bond motifs is 2. The molecular formula is C17H33NO. The van der Waals surface area contributed by atoms with Crippen molar-refractivity contribution in [3.8, 4) is 0 Å². The van der Waals surface area contributed by atoms with Crippen LogP contribution in [0.5, 0.6) is 0 Å². The summed E-state index contributed by atoms with van der Waals surface area (Å²) in [5.41, 5.74) is 0.574. The van der Waals surface area contributed by atoms with Gasteiger partial charge in [-0.2, -0.15) is 0 Å². The monoisotopic (exact) mass is 267 g/mol. The maximum atomic E-state index is 5.85. The first-order valence-electron chi connectivity index (χ1n) is 8.59. The van der Waals surface area contributed by atoms with Crippen LogP contribution in [0, 0.1) is 17.3 Å². The van der Waals surface area contributed by atoms with Crippen LogP contribution in [0.4, 0.5) is 0 Å². The minimum atomic E-state index is 0.574. The van der Waals surface area contributed by atoms with Crippen LogP contribution in [0.3, 0.4) is 0 Å². The van der Waals surface area contributed by atoms with Gasteiger partial charge in [-0.3, -0.25) is 0 Å². The molecule has 2 bridgehead atoms. The largest absolute Gasteiger partial charge is 0.381 e. The fraction of sp³-hybridized carbons (Fsp3) is 1.00. The third-order valence-electron chi connectivity index (χ3n) is 5.39. The van der Waals surface area contributed by atoms with E-state index in [-0.39, 0.29) is 0 Å². The average Bonchev–Trinajstić information content (AvgIpc) is 3.00. The van der Waals surface area contributed by atoms with Gasteiger partial charge >= 0.3 is 0 Å². The molecule has 0 saturated heterocycles. The summed E-state index contributed by atoms with van der Waals surface area (Å²) in [6.07, 6.45) is 10.9. The van der Waals surface area contributed by atoms with Gasteiger partial charge in [0.2, 0.25) is 0 Å². The minimum absolute atomic E-state index is 0.574. The Morgan fingerprint density at radius 3 is 2.68 bits per heavy atom. The molecule has 2 aliphatic carbocycles. The highest BCUT2D eigenvalue weighted by molar-refractivity contribution is 5.01. The molecule has 2 aliphatic rings. The molecule has 2 saturated carbocycles. The van der Waals surface area contributed by atoms with Crippen molar-refractivity contribution in [3.05, 3.63) is 0 Å². The number of hydrogen-bond donors (Lipinski definition) is 1. The summed E-state index contributed by atoms with van der Waals surface area (Å²) in [5, 5.41) is 3.70. The maximum Gasteiger partial charge on any atom is 0.0471 e. The molecule has 2 rings (SSSR count). The van der Waals surface area contributed by atoms with Gasteiger partial charge < -0.3 is 10.1 Å². The van der Waals surface area contributed by atoms with E-state index in [0.29, 0.717) is 5.41 Å². The lowest BCUT2D eigenvalue weighted by atomic mass is 9.71. The summed E-state index contributed by atoms with van der Waals surface area (Å²) < 4.78 is 5.85. The zero-order valence-corrected chi connectivity index (χ0v) is 13.0. The molecule has 0 aromatic heterocycles. The number of hydrogen-bond acceptors (Lipinski definition) is 2. The van der Waals surface area contributed by atoms with Crippen LogP contribution < -0.4 is 5.32 Å². The molecule has 3 unspecified atom stereocenters. The van der Waals surface area contributed by atoms with Crippen molar-refractivity contribution in [1.29, 1.82) is 0 Å². The van der Waals surface area contributed by atoms with Gasteiger partial charge in [-0.15, -0.1) is 0 Å². The van der Waals surface area contributed by atoms with E-state index in [1.54, 1.807) is 0 Å². The first kappa shape index (κ1) is 15.3. The summed E-state index contributed by atoms with van der Waals surface area (Å²) in [5.74, 6) is 2.01. The predicted octanol–water partition coefficient (Wildman–Crippen LogP) is 4.00. The van der Waals surface area contributed by atoms with Crippen molar-refractivity contribution >= 4 is 0 Å². The normalized spacial score (nSPS) is 33.2. The highest BCUT2D eigenvalue weighted by Crippen LogP contribution is 2.57. The topological polar surface area (TPSA) is 21.3 Å². The Hall–Kier alpha value is -0.0800. The first-order valence-corrected chi connectivity index (χ1v) is 8.59. The third-order valence-corrected chi connectivity index (χ3v) is 5.39. The van der Waals surface area contributed by atoms with Crippen LogP contribution in [0.2, 0.25) is 0 Å². The number of ether oxygens (including phenoxy) is 1. The molecule has 0 aromatic carbocycles. The highest BCUT2D eigenvalue weighted by atomic mass is 16.5. The molecule has 0 aromatic rings. The van der Waals surface area contributed by atoms with Gasteiger partial charge in [0, 0.05) is 19.8 Å². The maximum absolute atomic E-state index is 5.85. The van der Waals surface area contributed by atoms with Gasteiger partial charge in [0.15, 0.2) is 0 Å². The molecule has 3 atom stereocenters. The van der Waals surface area contributed by atoms with Crippen molar-refractivity contribution in [2.75, 3.05) is 26.3 Å². The van der Waals surface area contributed by atoms with E-state index in [4.69, 9.17) is 4.74 Å². The van der Waals surface area contributed by atoms with Gasteiger partial charge in [-0.25, -0.2) is 0 Å². The predicted molar refractivity (Wildman–Crippen MR) is 81.4 cm³/mol. The summed E-state index contributed by atoms with van der Waals surface area (Å²) in [4.78, 5) is 0. The Labute approximate surface area is 119 Å². The van der Waals surface area contributed by atoms with Gasteiger partial charge in [0.05, 0.1) is 0 Å². The molecule has 0 spiro atoms. The van der Waals surface area contributed by atoms with E-state index >= 15 is 0 Å². The molecular weight excluding hydrogens is 234 g/mol. The number of unbranched alkanes of at least 4 members (excludes halogenated alkanes) is 1. The van der Waals surface area contributed by atoms with Crippen molar-refractivity contribution in [1.82, 2.24) is 5.32 Å². The average molecular weight is 267 g/mol. The Morgan fingerprint density at radius 1 is 1.16 bits per heavy atom. The highest BCUT2D eigenvalue weighted by Gasteiger charge is 2.49.